The van der Waals surface area contributed by atoms with Crippen LogP contribution >= 0.6 is 0 Å². The van der Waals surface area contributed by atoms with Gasteiger partial charge in [0.1, 0.15) is 11.9 Å². The largest absolute Gasteiger partial charge is 0.495 e. The molecule has 2 N–H and O–H groups in total. The van der Waals surface area contributed by atoms with Crippen molar-refractivity contribution in [1.29, 1.82) is 0 Å². The Morgan fingerprint density at radius 1 is 0.865 bits per heavy atom. The SMILES string of the molecule is COC(=O)N[C@H](C(=O)N1CCC[C@H]1c1ncc(-c2ccc(-c3ccc(B4OC(C)(C)C(C)(C)O4)c4c3C3CCC4C3)c3c2C2CCC3C2)[nH]1)C(C)C. The van der Waals surface area contributed by atoms with Crippen LogP contribution in [0.5, 0.6) is 0 Å². The fraction of sp³-hybridized carbons (Fsp3) is 0.595. The molecule has 2 amide bonds. The molecule has 52 heavy (non-hydrogen) atoms. The summed E-state index contributed by atoms with van der Waals surface area (Å²) in [5.41, 5.74) is 11.7. The van der Waals surface area contributed by atoms with Crippen molar-refractivity contribution in [3.8, 4) is 22.4 Å². The average molecular weight is 705 g/mol. The smallest absolute Gasteiger partial charge is 0.453 e. The third-order valence-corrected chi connectivity index (χ3v) is 14.0. The molecule has 10 heteroatoms. The molecule has 9 rings (SSSR count). The highest BCUT2D eigenvalue weighted by molar-refractivity contribution is 6.62. The van der Waals surface area contributed by atoms with Crippen molar-refractivity contribution < 1.29 is 23.6 Å². The van der Waals surface area contributed by atoms with E-state index in [4.69, 9.17) is 19.0 Å². The van der Waals surface area contributed by atoms with Crippen molar-refractivity contribution >= 4 is 24.6 Å². The Bertz CT molecular complexity index is 1940. The number of amides is 2. The van der Waals surface area contributed by atoms with E-state index < -0.39 is 12.1 Å². The van der Waals surface area contributed by atoms with Crippen LogP contribution in [0.2, 0.25) is 0 Å². The molecule has 6 atom stereocenters. The topological polar surface area (TPSA) is 106 Å². The van der Waals surface area contributed by atoms with Crippen LogP contribution in [0.15, 0.2) is 30.5 Å². The maximum atomic E-state index is 13.8. The second-order valence-corrected chi connectivity index (χ2v) is 17.7. The number of fused-ring (bicyclic) bond motifs is 10. The number of carbonyl (C=O) groups is 2. The van der Waals surface area contributed by atoms with Crippen LogP contribution in [-0.4, -0.2) is 64.9 Å². The molecule has 2 aromatic carbocycles. The molecule has 2 saturated heterocycles. The Morgan fingerprint density at radius 2 is 1.42 bits per heavy atom. The minimum atomic E-state index is -0.656. The molecule has 2 saturated carbocycles. The van der Waals surface area contributed by atoms with Crippen molar-refractivity contribution in [2.24, 2.45) is 5.92 Å². The number of hydrogen-bond acceptors (Lipinski definition) is 6. The number of benzene rings is 2. The molecule has 274 valence electrons. The number of ether oxygens (including phenoxy) is 1. The second-order valence-electron chi connectivity index (χ2n) is 17.7. The molecule has 0 radical (unpaired) electrons. The summed E-state index contributed by atoms with van der Waals surface area (Å²) in [6.45, 7) is 13.1. The number of methoxy groups -OCH3 is 1. The number of hydrogen-bond donors (Lipinski definition) is 2. The maximum Gasteiger partial charge on any atom is 0.495 e. The molecule has 4 fully saturated rings. The minimum absolute atomic E-state index is 0.0761. The summed E-state index contributed by atoms with van der Waals surface area (Å²) in [5, 5.41) is 2.76. The van der Waals surface area contributed by atoms with Gasteiger partial charge in [-0.05, 0) is 147 Å². The zero-order chi connectivity index (χ0) is 36.3. The van der Waals surface area contributed by atoms with Crippen LogP contribution in [0, 0.1) is 5.92 Å². The summed E-state index contributed by atoms with van der Waals surface area (Å²) in [6.07, 6.45) is 10.6. The van der Waals surface area contributed by atoms with E-state index in [1.165, 1.54) is 78.9 Å². The number of aromatic amines is 1. The van der Waals surface area contributed by atoms with E-state index >= 15 is 0 Å². The van der Waals surface area contributed by atoms with Crippen LogP contribution in [0.3, 0.4) is 0 Å². The van der Waals surface area contributed by atoms with Gasteiger partial charge in [-0.15, -0.1) is 0 Å². The fourth-order valence-electron chi connectivity index (χ4n) is 10.8. The van der Waals surface area contributed by atoms with Gasteiger partial charge in [-0.3, -0.25) is 4.79 Å². The number of imidazole rings is 1. The quantitative estimate of drug-likeness (QED) is 0.243. The van der Waals surface area contributed by atoms with Gasteiger partial charge in [0.2, 0.25) is 5.91 Å². The summed E-state index contributed by atoms with van der Waals surface area (Å²) in [5.74, 6) is 2.95. The number of alkyl carbamates (subject to hydrolysis) is 1. The van der Waals surface area contributed by atoms with Gasteiger partial charge < -0.3 is 29.2 Å². The number of nitrogens with zero attached hydrogens (tertiary/aromatic N) is 2. The number of aromatic nitrogens is 2. The summed E-state index contributed by atoms with van der Waals surface area (Å²) >= 11 is 0. The predicted molar refractivity (Wildman–Crippen MR) is 202 cm³/mol. The average Bonchev–Trinajstić information content (AvgIpc) is 3.98. The van der Waals surface area contributed by atoms with Crippen LogP contribution in [0.1, 0.15) is 151 Å². The summed E-state index contributed by atoms with van der Waals surface area (Å²) in [4.78, 5) is 36.4. The van der Waals surface area contributed by atoms with E-state index in [2.05, 4.69) is 62.3 Å². The first kappa shape index (κ1) is 34.2. The summed E-state index contributed by atoms with van der Waals surface area (Å²) in [7, 11) is 0.988. The highest BCUT2D eigenvalue weighted by Gasteiger charge is 2.54. The third-order valence-electron chi connectivity index (χ3n) is 14.0. The van der Waals surface area contributed by atoms with E-state index in [0.29, 0.717) is 30.2 Å². The Labute approximate surface area is 308 Å². The molecule has 9 nitrogen and oxygen atoms in total. The fourth-order valence-corrected chi connectivity index (χ4v) is 10.8. The Morgan fingerprint density at radius 3 is 2.04 bits per heavy atom. The molecular weight excluding hydrogens is 651 g/mol. The second kappa shape index (κ2) is 12.2. The van der Waals surface area contributed by atoms with Gasteiger partial charge in [0.15, 0.2) is 0 Å². The number of rotatable bonds is 7. The minimum Gasteiger partial charge on any atom is -0.453 e. The van der Waals surface area contributed by atoms with E-state index in [1.807, 2.05) is 24.9 Å². The van der Waals surface area contributed by atoms with E-state index in [-0.39, 0.29) is 36.2 Å². The van der Waals surface area contributed by atoms with Gasteiger partial charge in [0.05, 0.1) is 36.2 Å². The van der Waals surface area contributed by atoms with Crippen molar-refractivity contribution in [3.05, 3.63) is 58.5 Å². The zero-order valence-corrected chi connectivity index (χ0v) is 31.8. The molecule has 2 aliphatic heterocycles. The van der Waals surface area contributed by atoms with Gasteiger partial charge in [0.25, 0.3) is 0 Å². The van der Waals surface area contributed by atoms with E-state index in [0.717, 1.165) is 24.4 Å². The normalized spacial score (nSPS) is 28.1. The molecule has 3 aromatic rings. The first-order valence-electron chi connectivity index (χ1n) is 19.8. The molecule has 4 unspecified atom stereocenters. The molecule has 3 heterocycles. The monoisotopic (exact) mass is 704 g/mol. The number of nitrogens with one attached hydrogen (secondary N) is 2. The highest BCUT2D eigenvalue weighted by Crippen LogP contribution is 2.61. The van der Waals surface area contributed by atoms with Gasteiger partial charge in [-0.1, -0.05) is 38.1 Å². The van der Waals surface area contributed by atoms with Crippen LogP contribution in [0.25, 0.3) is 22.4 Å². The van der Waals surface area contributed by atoms with Crippen LogP contribution < -0.4 is 10.8 Å². The number of carbonyl (C=O) groups excluding carboxylic acids is 2. The highest BCUT2D eigenvalue weighted by atomic mass is 16.7. The maximum absolute atomic E-state index is 13.8. The molecule has 0 spiro atoms. The lowest BCUT2D eigenvalue weighted by Crippen LogP contribution is -2.51. The standard InChI is InChI=1S/C42H53BN4O5/c1-22(2)37(46-40(49)50-7)39(48)47-18-8-9-32(47)38-44-21-31(45-38)29-15-14-27(33-23-10-11-25(19-23)35(29)33)28-16-17-30(36-26-13-12-24(20-26)34(28)36)43-51-41(3,4)42(5,6)52-43/h14-17,21-26,32,37H,8-13,18-20H2,1-7H3,(H,44,45)(H,46,49)/t23?,24?,25?,26?,32-,37-/m0/s1. The van der Waals surface area contributed by atoms with Crippen molar-refractivity contribution in [2.75, 3.05) is 13.7 Å². The molecule has 6 aliphatic rings. The van der Waals surface area contributed by atoms with Gasteiger partial charge in [0, 0.05) is 12.1 Å². The van der Waals surface area contributed by atoms with Gasteiger partial charge in [-0.2, -0.15) is 0 Å². The third kappa shape index (κ3) is 5.13. The zero-order valence-electron chi connectivity index (χ0n) is 31.8. The Kier molecular flexibility index (Phi) is 8.02. The summed E-state index contributed by atoms with van der Waals surface area (Å²) in [6, 6.07) is 8.62. The summed E-state index contributed by atoms with van der Waals surface area (Å²) < 4.78 is 18.1. The first-order valence-corrected chi connectivity index (χ1v) is 19.8. The van der Waals surface area contributed by atoms with Gasteiger partial charge in [-0.25, -0.2) is 9.78 Å². The molecule has 1 aromatic heterocycles. The number of H-pyrrole nitrogens is 1. The van der Waals surface area contributed by atoms with Crippen molar-refractivity contribution in [3.63, 3.8) is 0 Å². The lowest BCUT2D eigenvalue weighted by atomic mass is 9.69. The van der Waals surface area contributed by atoms with Crippen molar-refractivity contribution in [1.82, 2.24) is 20.2 Å². The van der Waals surface area contributed by atoms with E-state index in [9.17, 15) is 9.59 Å². The Hall–Kier alpha value is -3.63. The lowest BCUT2D eigenvalue weighted by molar-refractivity contribution is -0.135. The lowest BCUT2D eigenvalue weighted by Gasteiger charge is -2.32. The van der Waals surface area contributed by atoms with Crippen molar-refractivity contribution in [2.45, 2.75) is 140 Å². The molecular formula is C42H53BN4O5. The predicted octanol–water partition coefficient (Wildman–Crippen LogP) is 7.82. The van der Waals surface area contributed by atoms with Crippen LogP contribution in [0.4, 0.5) is 4.79 Å². The Balaban J connectivity index is 1.07. The first-order chi connectivity index (χ1) is 24.9. The van der Waals surface area contributed by atoms with E-state index in [1.54, 1.807) is 11.1 Å². The molecule has 4 bridgehead atoms. The molecule has 4 aliphatic carbocycles. The number of likely N-dealkylation sites (tertiary alicyclic amines) is 1. The van der Waals surface area contributed by atoms with Crippen LogP contribution in [-0.2, 0) is 18.8 Å². The van der Waals surface area contributed by atoms with Gasteiger partial charge >= 0.3 is 13.2 Å².